The summed E-state index contributed by atoms with van der Waals surface area (Å²) < 4.78 is 31.1. The quantitative estimate of drug-likeness (QED) is 0.315. The van der Waals surface area contributed by atoms with Gasteiger partial charge in [-0.05, 0) is 18.2 Å². The van der Waals surface area contributed by atoms with Crippen molar-refractivity contribution in [2.24, 2.45) is 0 Å². The number of aromatic hydroxyl groups is 1. The molecule has 2 rings (SSSR count). The second-order valence-electron chi connectivity index (χ2n) is 4.36. The molecule has 0 unspecified atom stereocenters. The van der Waals surface area contributed by atoms with Crippen LogP contribution in [0.1, 0.15) is 0 Å². The van der Waals surface area contributed by atoms with Crippen LogP contribution in [0.25, 0.3) is 0 Å². The Bertz CT molecular complexity index is 770. The van der Waals surface area contributed by atoms with E-state index in [4.69, 9.17) is 9.66 Å². The molecule has 0 spiro atoms. The van der Waals surface area contributed by atoms with Crippen molar-refractivity contribution in [1.29, 1.82) is 0 Å². The van der Waals surface area contributed by atoms with E-state index in [1.54, 1.807) is 0 Å². The van der Waals surface area contributed by atoms with Crippen LogP contribution in [-0.2, 0) is 19.7 Å². The fourth-order valence-electron chi connectivity index (χ4n) is 1.83. The molecule has 1 aromatic carbocycles. The topological polar surface area (TPSA) is 144 Å². The molecule has 0 aromatic heterocycles. The largest absolute Gasteiger partial charge is 0.506 e. The maximum Gasteiger partial charge on any atom is 0.294 e. The first-order valence-corrected chi connectivity index (χ1v) is 7.44. The Morgan fingerprint density at radius 2 is 1.91 bits per heavy atom. The Balaban J connectivity index is 2.30. The molecular formula is C12H12N2O7S. The molecule has 22 heavy (non-hydrogen) atoms. The first-order valence-electron chi connectivity index (χ1n) is 6.00. The second-order valence-corrected chi connectivity index (χ2v) is 5.78. The van der Waals surface area contributed by atoms with Gasteiger partial charge in [-0.3, -0.25) is 19.0 Å². The van der Waals surface area contributed by atoms with Crippen LogP contribution >= 0.6 is 0 Å². The molecular weight excluding hydrogens is 316 g/mol. The SMILES string of the molecule is O=C1C=C(Nc2cc(S(=O)(=O)O)ccc2O)C(=O)N1CCO. The van der Waals surface area contributed by atoms with Crippen LogP contribution in [0.5, 0.6) is 5.75 Å². The van der Waals surface area contributed by atoms with E-state index in [-0.39, 0.29) is 23.7 Å². The molecule has 0 bridgehead atoms. The van der Waals surface area contributed by atoms with Crippen LogP contribution < -0.4 is 5.32 Å². The van der Waals surface area contributed by atoms with Gasteiger partial charge in [-0.15, -0.1) is 0 Å². The third-order valence-corrected chi connectivity index (χ3v) is 3.72. The lowest BCUT2D eigenvalue weighted by atomic mass is 10.2. The van der Waals surface area contributed by atoms with Gasteiger partial charge >= 0.3 is 0 Å². The molecule has 1 aromatic rings. The number of imide groups is 1. The number of carbonyl (C=O) groups is 2. The normalized spacial score (nSPS) is 15.2. The molecule has 1 aliphatic heterocycles. The predicted octanol–water partition coefficient (Wildman–Crippen LogP) is -0.704. The summed E-state index contributed by atoms with van der Waals surface area (Å²) in [5, 5.41) is 20.9. The van der Waals surface area contributed by atoms with Crippen molar-refractivity contribution >= 4 is 27.6 Å². The predicted molar refractivity (Wildman–Crippen MR) is 73.4 cm³/mol. The van der Waals surface area contributed by atoms with Crippen molar-refractivity contribution in [2.75, 3.05) is 18.5 Å². The zero-order valence-corrected chi connectivity index (χ0v) is 11.9. The monoisotopic (exact) mass is 328 g/mol. The number of phenols is 1. The van der Waals surface area contributed by atoms with Crippen LogP contribution in [0.15, 0.2) is 34.9 Å². The zero-order valence-electron chi connectivity index (χ0n) is 11.1. The minimum absolute atomic E-state index is 0.173. The molecule has 118 valence electrons. The van der Waals surface area contributed by atoms with E-state index in [9.17, 15) is 23.1 Å². The van der Waals surface area contributed by atoms with E-state index in [0.717, 1.165) is 29.2 Å². The van der Waals surface area contributed by atoms with Crippen LogP contribution in [0.2, 0.25) is 0 Å². The Morgan fingerprint density at radius 1 is 1.23 bits per heavy atom. The highest BCUT2D eigenvalue weighted by Gasteiger charge is 2.31. The van der Waals surface area contributed by atoms with Crippen LogP contribution in [-0.4, -0.2) is 53.0 Å². The smallest absolute Gasteiger partial charge is 0.294 e. The minimum Gasteiger partial charge on any atom is -0.506 e. The number of hydrogen-bond donors (Lipinski definition) is 4. The first kappa shape index (κ1) is 15.9. The van der Waals surface area contributed by atoms with Crippen molar-refractivity contribution in [3.8, 4) is 5.75 Å². The number of carbonyl (C=O) groups excluding carboxylic acids is 2. The van der Waals surface area contributed by atoms with Gasteiger partial charge < -0.3 is 15.5 Å². The zero-order chi connectivity index (χ0) is 16.5. The van der Waals surface area contributed by atoms with Crippen molar-refractivity contribution in [3.63, 3.8) is 0 Å². The molecule has 0 radical (unpaired) electrons. The van der Waals surface area contributed by atoms with Gasteiger partial charge in [0.05, 0.1) is 23.7 Å². The number of nitrogens with one attached hydrogen (secondary N) is 1. The van der Waals surface area contributed by atoms with E-state index in [2.05, 4.69) is 5.32 Å². The van der Waals surface area contributed by atoms with Crippen LogP contribution in [0.4, 0.5) is 5.69 Å². The summed E-state index contributed by atoms with van der Waals surface area (Å²) in [7, 11) is -4.49. The number of hydrogen-bond acceptors (Lipinski definition) is 7. The number of rotatable bonds is 5. The summed E-state index contributed by atoms with van der Waals surface area (Å²) in [6, 6.07) is 2.90. The van der Waals surface area contributed by atoms with Gasteiger partial charge in [0.1, 0.15) is 11.4 Å². The van der Waals surface area contributed by atoms with Gasteiger partial charge in [0.25, 0.3) is 21.9 Å². The summed E-state index contributed by atoms with van der Waals surface area (Å²) in [4.78, 5) is 23.8. The van der Waals surface area contributed by atoms with Gasteiger partial charge in [-0.25, -0.2) is 0 Å². The number of phenolic OH excluding ortho intramolecular Hbond substituents is 1. The van der Waals surface area contributed by atoms with E-state index in [0.29, 0.717) is 0 Å². The molecule has 4 N–H and O–H groups in total. The van der Waals surface area contributed by atoms with Crippen LogP contribution in [0.3, 0.4) is 0 Å². The Labute approximate surface area is 125 Å². The third kappa shape index (κ3) is 3.08. The highest BCUT2D eigenvalue weighted by molar-refractivity contribution is 7.85. The van der Waals surface area contributed by atoms with Crippen molar-refractivity contribution < 1.29 is 32.8 Å². The van der Waals surface area contributed by atoms with E-state index >= 15 is 0 Å². The lowest BCUT2D eigenvalue weighted by molar-refractivity contribution is -0.137. The van der Waals surface area contributed by atoms with Gasteiger partial charge in [-0.2, -0.15) is 8.42 Å². The molecule has 9 nitrogen and oxygen atoms in total. The molecule has 0 fully saturated rings. The first-order chi connectivity index (χ1) is 10.2. The number of aliphatic hydroxyl groups is 1. The lowest BCUT2D eigenvalue weighted by Crippen LogP contribution is -2.34. The fourth-order valence-corrected chi connectivity index (χ4v) is 2.34. The molecule has 0 atom stereocenters. The van der Waals surface area contributed by atoms with E-state index in [1.807, 2.05) is 0 Å². The molecule has 1 heterocycles. The third-order valence-electron chi connectivity index (χ3n) is 2.87. The number of anilines is 1. The fraction of sp³-hybridized carbons (Fsp3) is 0.167. The number of amides is 2. The maximum atomic E-state index is 11.9. The summed E-state index contributed by atoms with van der Waals surface area (Å²) in [6.45, 7) is -0.585. The standard InChI is InChI=1S/C12H12N2O7S/c15-4-3-14-11(17)6-9(12(14)18)13-8-5-7(22(19,20)21)1-2-10(8)16/h1-2,5-6,13,15-16H,3-4H2,(H,19,20,21). The van der Waals surface area contributed by atoms with E-state index in [1.165, 1.54) is 0 Å². The summed E-state index contributed by atoms with van der Waals surface area (Å²) in [5.74, 6) is -1.75. The summed E-state index contributed by atoms with van der Waals surface area (Å²) in [6.07, 6.45) is 0.956. The van der Waals surface area contributed by atoms with Crippen LogP contribution in [0, 0.1) is 0 Å². The average Bonchev–Trinajstić information content (AvgIpc) is 2.68. The molecule has 1 aliphatic rings. The molecule has 0 saturated heterocycles. The number of aliphatic hydroxyl groups excluding tert-OH is 1. The Hall–Kier alpha value is -2.43. The van der Waals surface area contributed by atoms with Crippen molar-refractivity contribution in [3.05, 3.63) is 30.0 Å². The molecule has 0 saturated carbocycles. The van der Waals surface area contributed by atoms with Crippen molar-refractivity contribution in [2.45, 2.75) is 4.90 Å². The van der Waals surface area contributed by atoms with Gasteiger partial charge in [-0.1, -0.05) is 0 Å². The molecule has 2 amide bonds. The van der Waals surface area contributed by atoms with E-state index < -0.39 is 33.4 Å². The summed E-state index contributed by atoms with van der Waals surface area (Å²) >= 11 is 0. The molecule has 0 aliphatic carbocycles. The summed E-state index contributed by atoms with van der Waals surface area (Å²) in [5.41, 5.74) is -0.366. The second kappa shape index (κ2) is 5.75. The van der Waals surface area contributed by atoms with Gasteiger partial charge in [0.15, 0.2) is 0 Å². The highest BCUT2D eigenvalue weighted by atomic mass is 32.2. The maximum absolute atomic E-state index is 11.9. The highest BCUT2D eigenvalue weighted by Crippen LogP contribution is 2.28. The number of benzene rings is 1. The average molecular weight is 328 g/mol. The van der Waals surface area contributed by atoms with Crippen molar-refractivity contribution in [1.82, 2.24) is 4.90 Å². The Kier molecular flexibility index (Phi) is 4.17. The Morgan fingerprint density at radius 3 is 2.50 bits per heavy atom. The molecule has 10 heteroatoms. The minimum atomic E-state index is -4.49. The van der Waals surface area contributed by atoms with Gasteiger partial charge in [0.2, 0.25) is 0 Å². The lowest BCUT2D eigenvalue weighted by Gasteiger charge is -2.14. The number of β-amino-alcohol motifs (C(OH)–C–C–N with tert-alkyl or cyclic N) is 1. The number of nitrogens with zero attached hydrogens (tertiary/aromatic N) is 1. The van der Waals surface area contributed by atoms with Gasteiger partial charge in [0, 0.05) is 6.08 Å².